The lowest BCUT2D eigenvalue weighted by Crippen LogP contribution is -1.96. The number of H-pyrrole nitrogens is 1. The molecular weight excluding hydrogens is 321 g/mol. The molecule has 0 radical (unpaired) electrons. The second kappa shape index (κ2) is 6.03. The third kappa shape index (κ3) is 2.96. The van der Waals surface area contributed by atoms with Crippen LogP contribution in [0.25, 0.3) is 22.2 Å². The van der Waals surface area contributed by atoms with Crippen LogP contribution in [0.15, 0.2) is 42.5 Å². The van der Waals surface area contributed by atoms with Crippen LogP contribution in [-0.4, -0.2) is 16.1 Å². The van der Waals surface area contributed by atoms with Crippen LogP contribution in [0.2, 0.25) is 10.0 Å². The predicted molar refractivity (Wildman–Crippen MR) is 89.7 cm³/mol. The number of rotatable bonds is 4. The van der Waals surface area contributed by atoms with Gasteiger partial charge in [0.05, 0.1) is 10.0 Å². The minimum Gasteiger partial charge on any atom is -0.481 e. The maximum Gasteiger partial charge on any atom is 0.303 e. The third-order valence-electron chi connectivity index (χ3n) is 3.55. The lowest BCUT2D eigenvalue weighted by Gasteiger charge is -2.02. The zero-order valence-corrected chi connectivity index (χ0v) is 13.1. The molecule has 3 aromatic rings. The van der Waals surface area contributed by atoms with E-state index in [1.807, 2.05) is 36.4 Å². The molecule has 3 nitrogen and oxygen atoms in total. The van der Waals surface area contributed by atoms with Gasteiger partial charge in [-0.05, 0) is 36.2 Å². The summed E-state index contributed by atoms with van der Waals surface area (Å²) in [6, 6.07) is 13.4. The highest BCUT2D eigenvalue weighted by Crippen LogP contribution is 2.34. The van der Waals surface area contributed by atoms with E-state index >= 15 is 0 Å². The maximum absolute atomic E-state index is 10.7. The molecular formula is C17H13Cl2NO2. The topological polar surface area (TPSA) is 53.1 Å². The van der Waals surface area contributed by atoms with Gasteiger partial charge in [-0.25, -0.2) is 0 Å². The van der Waals surface area contributed by atoms with Crippen LogP contribution in [0.1, 0.15) is 12.0 Å². The van der Waals surface area contributed by atoms with E-state index in [1.165, 1.54) is 0 Å². The smallest absolute Gasteiger partial charge is 0.303 e. The Bertz CT molecular complexity index is 855. The molecule has 5 heteroatoms. The second-order valence-electron chi connectivity index (χ2n) is 5.10. The van der Waals surface area contributed by atoms with Crippen molar-refractivity contribution in [3.63, 3.8) is 0 Å². The van der Waals surface area contributed by atoms with Gasteiger partial charge in [0.1, 0.15) is 0 Å². The highest BCUT2D eigenvalue weighted by atomic mass is 35.5. The van der Waals surface area contributed by atoms with Crippen molar-refractivity contribution in [3.8, 4) is 11.3 Å². The van der Waals surface area contributed by atoms with Crippen LogP contribution >= 0.6 is 23.2 Å². The van der Waals surface area contributed by atoms with E-state index < -0.39 is 5.97 Å². The largest absolute Gasteiger partial charge is 0.481 e. The first-order chi connectivity index (χ1) is 10.5. The number of aliphatic carboxylic acids is 1. The molecule has 2 N–H and O–H groups in total. The van der Waals surface area contributed by atoms with Gasteiger partial charge in [-0.3, -0.25) is 4.79 Å². The molecule has 22 heavy (non-hydrogen) atoms. The molecule has 1 heterocycles. The average molecular weight is 334 g/mol. The van der Waals surface area contributed by atoms with E-state index in [9.17, 15) is 4.79 Å². The highest BCUT2D eigenvalue weighted by Gasteiger charge is 2.10. The molecule has 3 rings (SSSR count). The Morgan fingerprint density at radius 3 is 2.73 bits per heavy atom. The number of carboxylic acid groups (broad SMARTS) is 1. The molecule has 0 bridgehead atoms. The summed E-state index contributed by atoms with van der Waals surface area (Å²) in [6.45, 7) is 0. The fourth-order valence-electron chi connectivity index (χ4n) is 2.45. The summed E-state index contributed by atoms with van der Waals surface area (Å²) in [5.74, 6) is -0.791. The summed E-state index contributed by atoms with van der Waals surface area (Å²) in [4.78, 5) is 14.0. The lowest BCUT2D eigenvalue weighted by molar-refractivity contribution is -0.136. The summed E-state index contributed by atoms with van der Waals surface area (Å²) >= 11 is 12.3. The molecule has 0 saturated heterocycles. The molecule has 0 saturated carbocycles. The first kappa shape index (κ1) is 14.9. The minimum absolute atomic E-state index is 0.128. The molecule has 0 unspecified atom stereocenters. The van der Waals surface area contributed by atoms with Crippen molar-refractivity contribution < 1.29 is 9.90 Å². The Hall–Kier alpha value is -1.97. The number of halogens is 2. The van der Waals surface area contributed by atoms with Gasteiger partial charge in [-0.15, -0.1) is 0 Å². The lowest BCUT2D eigenvalue weighted by atomic mass is 10.1. The predicted octanol–water partition coefficient (Wildman–Crippen LogP) is 5.16. The van der Waals surface area contributed by atoms with Crippen LogP contribution in [0, 0.1) is 0 Å². The van der Waals surface area contributed by atoms with Crippen molar-refractivity contribution in [2.24, 2.45) is 0 Å². The van der Waals surface area contributed by atoms with Crippen LogP contribution in [0.3, 0.4) is 0 Å². The number of nitrogens with one attached hydrogen (secondary N) is 1. The Kier molecular flexibility index (Phi) is 4.10. The summed E-state index contributed by atoms with van der Waals surface area (Å²) in [6.07, 6.45) is 0.645. The number of carboxylic acids is 1. The molecule has 0 spiro atoms. The summed E-state index contributed by atoms with van der Waals surface area (Å²) in [5, 5.41) is 10.8. The maximum atomic E-state index is 10.7. The van der Waals surface area contributed by atoms with E-state index in [0.29, 0.717) is 16.5 Å². The normalized spacial score (nSPS) is 11.0. The van der Waals surface area contributed by atoms with Crippen LogP contribution in [-0.2, 0) is 11.2 Å². The molecule has 1 aromatic heterocycles. The number of fused-ring (bicyclic) bond motifs is 1. The highest BCUT2D eigenvalue weighted by molar-refractivity contribution is 6.43. The molecule has 2 aromatic carbocycles. The number of benzene rings is 2. The first-order valence-corrected chi connectivity index (χ1v) is 7.58. The summed E-state index contributed by atoms with van der Waals surface area (Å²) < 4.78 is 0. The van der Waals surface area contributed by atoms with E-state index in [4.69, 9.17) is 28.3 Å². The first-order valence-electron chi connectivity index (χ1n) is 6.82. The molecule has 0 aliphatic heterocycles. The molecule has 0 amide bonds. The zero-order chi connectivity index (χ0) is 15.7. The summed E-state index contributed by atoms with van der Waals surface area (Å²) in [7, 11) is 0. The van der Waals surface area contributed by atoms with Gasteiger partial charge < -0.3 is 10.1 Å². The second-order valence-corrected chi connectivity index (χ2v) is 5.88. The molecule has 0 fully saturated rings. The van der Waals surface area contributed by atoms with Gasteiger partial charge in [0, 0.05) is 28.6 Å². The van der Waals surface area contributed by atoms with Crippen molar-refractivity contribution >= 4 is 40.1 Å². The van der Waals surface area contributed by atoms with Crippen molar-refractivity contribution in [1.82, 2.24) is 4.98 Å². The third-order valence-corrected chi connectivity index (χ3v) is 4.37. The standard InChI is InChI=1S/C17H13Cl2NO2/c18-13-3-1-2-12(17(13)19)15-9-11-8-10(5-7-16(21)22)4-6-14(11)20-15/h1-4,6,8-9,20H,5,7H2,(H,21,22). The zero-order valence-electron chi connectivity index (χ0n) is 11.6. The number of aromatic amines is 1. The SMILES string of the molecule is O=C(O)CCc1ccc2[nH]c(-c3cccc(Cl)c3Cl)cc2c1. The van der Waals surface area contributed by atoms with Gasteiger partial charge in [-0.2, -0.15) is 0 Å². The van der Waals surface area contributed by atoms with Crippen LogP contribution in [0.4, 0.5) is 0 Å². The van der Waals surface area contributed by atoms with Crippen molar-refractivity contribution in [1.29, 1.82) is 0 Å². The van der Waals surface area contributed by atoms with Gasteiger partial charge in [0.15, 0.2) is 0 Å². The van der Waals surface area contributed by atoms with Crippen molar-refractivity contribution in [3.05, 3.63) is 58.1 Å². The number of aryl methyl sites for hydroxylation is 1. The number of hydrogen-bond acceptors (Lipinski definition) is 1. The molecule has 0 aliphatic carbocycles. The molecule has 0 aliphatic rings. The van der Waals surface area contributed by atoms with Gasteiger partial charge in [-0.1, -0.05) is 41.4 Å². The quantitative estimate of drug-likeness (QED) is 0.692. The minimum atomic E-state index is -0.791. The average Bonchev–Trinajstić information content (AvgIpc) is 2.90. The Labute approximate surface area is 137 Å². The Morgan fingerprint density at radius 1 is 1.14 bits per heavy atom. The fraction of sp³-hybridized carbons (Fsp3) is 0.118. The van der Waals surface area contributed by atoms with E-state index in [0.717, 1.165) is 27.7 Å². The monoisotopic (exact) mass is 333 g/mol. The van der Waals surface area contributed by atoms with Gasteiger partial charge in [0.2, 0.25) is 0 Å². The van der Waals surface area contributed by atoms with Crippen LogP contribution < -0.4 is 0 Å². The van der Waals surface area contributed by atoms with Gasteiger partial charge >= 0.3 is 5.97 Å². The van der Waals surface area contributed by atoms with E-state index in [1.54, 1.807) is 6.07 Å². The number of hydrogen-bond donors (Lipinski definition) is 2. The van der Waals surface area contributed by atoms with Crippen LogP contribution in [0.5, 0.6) is 0 Å². The molecule has 112 valence electrons. The van der Waals surface area contributed by atoms with Crippen molar-refractivity contribution in [2.75, 3.05) is 0 Å². The number of carbonyl (C=O) groups is 1. The van der Waals surface area contributed by atoms with E-state index in [-0.39, 0.29) is 6.42 Å². The fourth-order valence-corrected chi connectivity index (χ4v) is 2.85. The van der Waals surface area contributed by atoms with Crippen molar-refractivity contribution in [2.45, 2.75) is 12.8 Å². The Morgan fingerprint density at radius 2 is 1.95 bits per heavy atom. The van der Waals surface area contributed by atoms with E-state index in [2.05, 4.69) is 4.98 Å². The molecule has 0 atom stereocenters. The Balaban J connectivity index is 1.99. The number of aromatic nitrogens is 1. The van der Waals surface area contributed by atoms with Gasteiger partial charge in [0.25, 0.3) is 0 Å². The summed E-state index contributed by atoms with van der Waals surface area (Å²) in [5.41, 5.74) is 3.71.